The summed E-state index contributed by atoms with van der Waals surface area (Å²) in [7, 11) is 0. The lowest BCUT2D eigenvalue weighted by atomic mass is 10.2. The molecule has 1 atom stereocenters. The first-order valence-electron chi connectivity index (χ1n) is 3.56. The summed E-state index contributed by atoms with van der Waals surface area (Å²) in [6, 6.07) is -0.152. The van der Waals surface area contributed by atoms with E-state index in [4.69, 9.17) is 5.11 Å². The fourth-order valence-electron chi connectivity index (χ4n) is 0.766. The molecule has 0 saturated heterocycles. The molecule has 0 heterocycles. The molecule has 60 valence electrons. The Kier molecular flexibility index (Phi) is 4.03. The first kappa shape index (κ1) is 9.43. The Hall–Kier alpha value is -0.570. The summed E-state index contributed by atoms with van der Waals surface area (Å²) in [5, 5.41) is 11.5. The molecular formula is C7H15NO2. The zero-order valence-corrected chi connectivity index (χ0v) is 6.72. The Morgan fingerprint density at radius 3 is 2.20 bits per heavy atom. The van der Waals surface area contributed by atoms with E-state index in [1.165, 1.54) is 0 Å². The van der Waals surface area contributed by atoms with Crippen LogP contribution in [0.15, 0.2) is 0 Å². The number of carboxylic acid groups (broad SMARTS) is 1. The van der Waals surface area contributed by atoms with Crippen molar-refractivity contribution in [3.05, 3.63) is 0 Å². The van der Waals surface area contributed by atoms with Crippen LogP contribution >= 0.6 is 0 Å². The molecule has 0 fully saturated rings. The molecule has 0 radical (unpaired) electrons. The quantitative estimate of drug-likeness (QED) is 0.616. The highest BCUT2D eigenvalue weighted by Crippen LogP contribution is 1.92. The first-order chi connectivity index (χ1) is 4.57. The second-order valence-electron chi connectivity index (χ2n) is 2.62. The summed E-state index contributed by atoms with van der Waals surface area (Å²) >= 11 is 0. The second-order valence-corrected chi connectivity index (χ2v) is 2.62. The normalized spacial score (nSPS) is 13.6. The number of nitrogens with one attached hydrogen (secondary N) is 1. The topological polar surface area (TPSA) is 49.3 Å². The third-order valence-corrected chi connectivity index (χ3v) is 1.24. The van der Waals surface area contributed by atoms with Crippen LogP contribution in [-0.4, -0.2) is 23.2 Å². The SMILES string of the molecule is CC[C@H](NC(C)C)C(=O)O. The number of rotatable bonds is 4. The molecular weight excluding hydrogens is 130 g/mol. The van der Waals surface area contributed by atoms with Gasteiger partial charge in [0.05, 0.1) is 0 Å². The zero-order chi connectivity index (χ0) is 8.15. The maximum absolute atomic E-state index is 10.4. The average Bonchev–Trinajstić information content (AvgIpc) is 1.81. The highest BCUT2D eigenvalue weighted by molar-refractivity contribution is 5.73. The molecule has 0 aliphatic rings. The van der Waals surface area contributed by atoms with Gasteiger partial charge in [-0.3, -0.25) is 4.79 Å². The van der Waals surface area contributed by atoms with Gasteiger partial charge in [-0.2, -0.15) is 0 Å². The fraction of sp³-hybridized carbons (Fsp3) is 0.857. The molecule has 0 spiro atoms. The molecule has 0 rings (SSSR count). The molecule has 0 aliphatic carbocycles. The molecule has 0 aliphatic heterocycles. The summed E-state index contributed by atoms with van der Waals surface area (Å²) in [6.07, 6.45) is 0.632. The van der Waals surface area contributed by atoms with E-state index in [-0.39, 0.29) is 12.1 Å². The van der Waals surface area contributed by atoms with Crippen LogP contribution in [0.4, 0.5) is 0 Å². The Balaban J connectivity index is 3.72. The van der Waals surface area contributed by atoms with Crippen LogP contribution in [0, 0.1) is 0 Å². The Labute approximate surface area is 61.4 Å². The van der Waals surface area contributed by atoms with E-state index >= 15 is 0 Å². The maximum Gasteiger partial charge on any atom is 0.320 e. The summed E-state index contributed by atoms with van der Waals surface area (Å²) in [4.78, 5) is 10.4. The highest BCUT2D eigenvalue weighted by Gasteiger charge is 2.14. The van der Waals surface area contributed by atoms with Crippen LogP contribution in [-0.2, 0) is 4.79 Å². The standard InChI is InChI=1S/C7H15NO2/c1-4-6(7(9)10)8-5(2)3/h5-6,8H,4H2,1-3H3,(H,9,10)/t6-/m0/s1. The van der Waals surface area contributed by atoms with Crippen molar-refractivity contribution in [2.45, 2.75) is 39.3 Å². The van der Waals surface area contributed by atoms with E-state index in [0.29, 0.717) is 6.42 Å². The fourth-order valence-corrected chi connectivity index (χ4v) is 0.766. The van der Waals surface area contributed by atoms with Crippen molar-refractivity contribution < 1.29 is 9.90 Å². The van der Waals surface area contributed by atoms with Crippen molar-refractivity contribution in [2.75, 3.05) is 0 Å². The lowest BCUT2D eigenvalue weighted by Crippen LogP contribution is -2.40. The van der Waals surface area contributed by atoms with Gasteiger partial charge in [-0.15, -0.1) is 0 Å². The maximum atomic E-state index is 10.4. The molecule has 3 heteroatoms. The highest BCUT2D eigenvalue weighted by atomic mass is 16.4. The van der Waals surface area contributed by atoms with Gasteiger partial charge in [0.1, 0.15) is 6.04 Å². The lowest BCUT2D eigenvalue weighted by molar-refractivity contribution is -0.139. The van der Waals surface area contributed by atoms with Crippen molar-refractivity contribution >= 4 is 5.97 Å². The second kappa shape index (κ2) is 4.28. The zero-order valence-electron chi connectivity index (χ0n) is 6.72. The number of hydrogen-bond donors (Lipinski definition) is 2. The van der Waals surface area contributed by atoms with Gasteiger partial charge in [-0.05, 0) is 6.42 Å². The summed E-state index contributed by atoms with van der Waals surface area (Å²) in [5.74, 6) is -0.767. The minimum Gasteiger partial charge on any atom is -0.480 e. The van der Waals surface area contributed by atoms with E-state index in [1.54, 1.807) is 0 Å². The van der Waals surface area contributed by atoms with Crippen molar-refractivity contribution in [3.8, 4) is 0 Å². The van der Waals surface area contributed by atoms with Crippen LogP contribution < -0.4 is 5.32 Å². The van der Waals surface area contributed by atoms with E-state index in [9.17, 15) is 4.79 Å². The number of carboxylic acids is 1. The molecule has 10 heavy (non-hydrogen) atoms. The van der Waals surface area contributed by atoms with Gasteiger partial charge in [-0.25, -0.2) is 0 Å². The Morgan fingerprint density at radius 1 is 1.60 bits per heavy atom. The monoisotopic (exact) mass is 145 g/mol. The molecule has 0 aromatic carbocycles. The van der Waals surface area contributed by atoms with Gasteiger partial charge in [-0.1, -0.05) is 20.8 Å². The van der Waals surface area contributed by atoms with Gasteiger partial charge in [0.2, 0.25) is 0 Å². The molecule has 0 bridgehead atoms. The summed E-state index contributed by atoms with van der Waals surface area (Å²) in [6.45, 7) is 5.73. The third-order valence-electron chi connectivity index (χ3n) is 1.24. The van der Waals surface area contributed by atoms with Gasteiger partial charge in [0, 0.05) is 6.04 Å². The number of carbonyl (C=O) groups is 1. The summed E-state index contributed by atoms with van der Waals surface area (Å²) in [5.41, 5.74) is 0. The van der Waals surface area contributed by atoms with Crippen LogP contribution in [0.5, 0.6) is 0 Å². The van der Waals surface area contributed by atoms with Gasteiger partial charge >= 0.3 is 5.97 Å². The average molecular weight is 145 g/mol. The van der Waals surface area contributed by atoms with Gasteiger partial charge in [0.25, 0.3) is 0 Å². The van der Waals surface area contributed by atoms with Crippen LogP contribution in [0.2, 0.25) is 0 Å². The van der Waals surface area contributed by atoms with Gasteiger partial charge < -0.3 is 10.4 Å². The van der Waals surface area contributed by atoms with Crippen molar-refractivity contribution in [1.29, 1.82) is 0 Å². The minimum atomic E-state index is -0.767. The Bertz CT molecular complexity index is 112. The minimum absolute atomic E-state index is 0.237. The van der Waals surface area contributed by atoms with Crippen molar-refractivity contribution in [2.24, 2.45) is 0 Å². The molecule has 3 nitrogen and oxygen atoms in total. The molecule has 0 unspecified atom stereocenters. The number of aliphatic carboxylic acids is 1. The largest absolute Gasteiger partial charge is 0.480 e. The molecule has 0 saturated carbocycles. The smallest absolute Gasteiger partial charge is 0.320 e. The molecule has 0 amide bonds. The predicted octanol–water partition coefficient (Wildman–Crippen LogP) is 0.848. The molecule has 0 aromatic rings. The predicted molar refractivity (Wildman–Crippen MR) is 40.0 cm³/mol. The van der Waals surface area contributed by atoms with Crippen LogP contribution in [0.1, 0.15) is 27.2 Å². The van der Waals surface area contributed by atoms with Crippen LogP contribution in [0.25, 0.3) is 0 Å². The van der Waals surface area contributed by atoms with Crippen LogP contribution in [0.3, 0.4) is 0 Å². The van der Waals surface area contributed by atoms with Crippen molar-refractivity contribution in [1.82, 2.24) is 5.32 Å². The molecule has 2 N–H and O–H groups in total. The number of hydrogen-bond acceptors (Lipinski definition) is 2. The Morgan fingerprint density at radius 2 is 2.10 bits per heavy atom. The van der Waals surface area contributed by atoms with E-state index in [1.807, 2.05) is 20.8 Å². The first-order valence-corrected chi connectivity index (χ1v) is 3.56. The van der Waals surface area contributed by atoms with E-state index < -0.39 is 5.97 Å². The lowest BCUT2D eigenvalue weighted by Gasteiger charge is -2.14. The van der Waals surface area contributed by atoms with Gasteiger partial charge in [0.15, 0.2) is 0 Å². The third kappa shape index (κ3) is 3.45. The summed E-state index contributed by atoms with van der Waals surface area (Å²) < 4.78 is 0. The van der Waals surface area contributed by atoms with Crippen molar-refractivity contribution in [3.63, 3.8) is 0 Å². The molecule has 0 aromatic heterocycles. The van der Waals surface area contributed by atoms with E-state index in [2.05, 4.69) is 5.32 Å². The van der Waals surface area contributed by atoms with E-state index in [0.717, 1.165) is 0 Å².